The lowest BCUT2D eigenvalue weighted by molar-refractivity contribution is 0.0942. The highest BCUT2D eigenvalue weighted by molar-refractivity contribution is 14.1. The Morgan fingerprint density at radius 1 is 1.67 bits per heavy atom. The van der Waals surface area contributed by atoms with Gasteiger partial charge in [0.1, 0.15) is 0 Å². The molecule has 1 aliphatic heterocycles. The predicted molar refractivity (Wildman–Crippen MR) is 73.0 cm³/mol. The summed E-state index contributed by atoms with van der Waals surface area (Å²) >= 11 is 3.82. The molecule has 0 atom stereocenters. The summed E-state index contributed by atoms with van der Waals surface area (Å²) in [4.78, 5) is 11.6. The molecule has 0 spiro atoms. The zero-order valence-corrected chi connectivity index (χ0v) is 11.7. The second-order valence-electron chi connectivity index (χ2n) is 3.37. The number of hydrogen-bond donors (Lipinski definition) is 2. The van der Waals surface area contributed by atoms with Crippen LogP contribution in [0, 0.1) is 8.80 Å². The van der Waals surface area contributed by atoms with E-state index in [-0.39, 0.29) is 18.3 Å². The van der Waals surface area contributed by atoms with E-state index in [1.54, 1.807) is 11.3 Å². The summed E-state index contributed by atoms with van der Waals surface area (Å²) in [6.45, 7) is 2.85. The Bertz CT molecular complexity index is 341. The molecule has 0 aliphatic carbocycles. The van der Waals surface area contributed by atoms with Gasteiger partial charge in [0.05, 0.1) is 8.45 Å². The summed E-state index contributed by atoms with van der Waals surface area (Å²) in [5.74, 6) is 0.674. The lowest BCUT2D eigenvalue weighted by Gasteiger charge is -2.26. The van der Waals surface area contributed by atoms with Crippen molar-refractivity contribution in [1.82, 2.24) is 10.6 Å². The molecule has 84 valence electrons. The Hall–Kier alpha value is 0.150. The monoisotopic (exact) mass is 358 g/mol. The van der Waals surface area contributed by atoms with Gasteiger partial charge in [0, 0.05) is 30.9 Å². The van der Waals surface area contributed by atoms with E-state index >= 15 is 0 Å². The first kappa shape index (κ1) is 13.2. The van der Waals surface area contributed by atoms with Gasteiger partial charge in [-0.1, -0.05) is 0 Å². The van der Waals surface area contributed by atoms with Crippen molar-refractivity contribution in [2.75, 3.05) is 19.6 Å². The van der Waals surface area contributed by atoms with Crippen LogP contribution in [0.4, 0.5) is 0 Å². The number of hydrogen-bond acceptors (Lipinski definition) is 3. The molecule has 1 aromatic rings. The maximum Gasteiger partial charge on any atom is 0.252 e. The first-order valence-corrected chi connectivity index (χ1v) is 6.44. The molecule has 15 heavy (non-hydrogen) atoms. The van der Waals surface area contributed by atoms with Gasteiger partial charge in [-0.3, -0.25) is 4.79 Å². The van der Waals surface area contributed by atoms with Crippen molar-refractivity contribution >= 4 is 52.2 Å². The van der Waals surface area contributed by atoms with Gasteiger partial charge in [-0.05, 0) is 28.7 Å². The number of carbonyl (C=O) groups is 1. The van der Waals surface area contributed by atoms with Crippen LogP contribution >= 0.6 is 46.3 Å². The molecule has 1 saturated heterocycles. The van der Waals surface area contributed by atoms with Crippen LogP contribution in [0.3, 0.4) is 0 Å². The fourth-order valence-electron chi connectivity index (χ4n) is 1.26. The molecule has 1 aromatic heterocycles. The van der Waals surface area contributed by atoms with Gasteiger partial charge in [-0.15, -0.1) is 23.7 Å². The number of halogens is 2. The molecule has 0 aromatic carbocycles. The average molecular weight is 359 g/mol. The standard InChI is InChI=1S/C9H11IN2OS.ClH/c10-8-1-7(5-14-8)9(13)12-4-6-2-11-3-6;/h1,5-6,11H,2-4H2,(H,12,13);1H. The molecule has 1 fully saturated rings. The van der Waals surface area contributed by atoms with Crippen LogP contribution in [0.1, 0.15) is 10.4 Å². The van der Waals surface area contributed by atoms with Gasteiger partial charge >= 0.3 is 0 Å². The van der Waals surface area contributed by atoms with Gasteiger partial charge in [0.2, 0.25) is 0 Å². The van der Waals surface area contributed by atoms with Gasteiger partial charge in [-0.25, -0.2) is 0 Å². The van der Waals surface area contributed by atoms with Gasteiger partial charge in [0.25, 0.3) is 5.91 Å². The summed E-state index contributed by atoms with van der Waals surface area (Å²) in [5.41, 5.74) is 0.784. The van der Waals surface area contributed by atoms with E-state index in [0.717, 1.165) is 28.1 Å². The SMILES string of the molecule is Cl.O=C(NCC1CNC1)c1csc(I)c1. The third-order valence-corrected chi connectivity index (χ3v) is 4.04. The first-order chi connectivity index (χ1) is 6.75. The zero-order chi connectivity index (χ0) is 9.97. The molecule has 0 saturated carbocycles. The van der Waals surface area contributed by atoms with E-state index in [1.807, 2.05) is 11.4 Å². The topological polar surface area (TPSA) is 41.1 Å². The highest BCUT2D eigenvalue weighted by Gasteiger charge is 2.17. The second kappa shape index (κ2) is 6.03. The molecule has 0 unspecified atom stereocenters. The first-order valence-electron chi connectivity index (χ1n) is 4.48. The minimum Gasteiger partial charge on any atom is -0.352 e. The Morgan fingerprint density at radius 3 is 2.87 bits per heavy atom. The lowest BCUT2D eigenvalue weighted by Crippen LogP contribution is -2.48. The number of nitrogens with one attached hydrogen (secondary N) is 2. The van der Waals surface area contributed by atoms with Crippen LogP contribution in [-0.2, 0) is 0 Å². The maximum absolute atomic E-state index is 11.6. The molecule has 1 amide bonds. The number of amides is 1. The fraction of sp³-hybridized carbons (Fsp3) is 0.444. The molecule has 1 aliphatic rings. The molecule has 2 rings (SSSR count). The van der Waals surface area contributed by atoms with Crippen molar-refractivity contribution in [3.63, 3.8) is 0 Å². The Kier molecular flexibility index (Phi) is 5.31. The molecular weight excluding hydrogens is 347 g/mol. The van der Waals surface area contributed by atoms with E-state index in [0.29, 0.717) is 5.92 Å². The van der Waals surface area contributed by atoms with Gasteiger partial charge in [0.15, 0.2) is 0 Å². The van der Waals surface area contributed by atoms with Crippen molar-refractivity contribution < 1.29 is 4.79 Å². The van der Waals surface area contributed by atoms with Crippen molar-refractivity contribution in [2.24, 2.45) is 5.92 Å². The predicted octanol–water partition coefficient (Wildman–Crippen LogP) is 1.72. The quantitative estimate of drug-likeness (QED) is 0.808. The molecule has 6 heteroatoms. The van der Waals surface area contributed by atoms with Crippen molar-refractivity contribution in [3.8, 4) is 0 Å². The van der Waals surface area contributed by atoms with Crippen molar-refractivity contribution in [3.05, 3.63) is 19.9 Å². The second-order valence-corrected chi connectivity index (χ2v) is 6.18. The smallest absolute Gasteiger partial charge is 0.252 e. The van der Waals surface area contributed by atoms with Crippen LogP contribution < -0.4 is 10.6 Å². The number of carbonyl (C=O) groups excluding carboxylic acids is 1. The fourth-order valence-corrected chi connectivity index (χ4v) is 2.59. The Labute approximate surface area is 113 Å². The molecule has 0 radical (unpaired) electrons. The van der Waals surface area contributed by atoms with E-state index in [9.17, 15) is 4.79 Å². The molecule has 2 N–H and O–H groups in total. The zero-order valence-electron chi connectivity index (χ0n) is 7.96. The molecular formula is C9H12ClIN2OS. The van der Waals surface area contributed by atoms with Crippen LogP contribution in [-0.4, -0.2) is 25.5 Å². The third-order valence-electron chi connectivity index (χ3n) is 2.25. The van der Waals surface area contributed by atoms with E-state index in [1.165, 1.54) is 0 Å². The highest BCUT2D eigenvalue weighted by Crippen LogP contribution is 2.16. The normalized spacial score (nSPS) is 15.3. The molecule has 0 bridgehead atoms. The average Bonchev–Trinajstić information content (AvgIpc) is 2.49. The van der Waals surface area contributed by atoms with Crippen molar-refractivity contribution in [2.45, 2.75) is 0 Å². The third kappa shape index (κ3) is 3.58. The Morgan fingerprint density at radius 2 is 2.40 bits per heavy atom. The summed E-state index contributed by atoms with van der Waals surface area (Å²) in [6.07, 6.45) is 0. The molecule has 2 heterocycles. The Balaban J connectivity index is 0.00000112. The van der Waals surface area contributed by atoms with E-state index < -0.39 is 0 Å². The molecule has 3 nitrogen and oxygen atoms in total. The lowest BCUT2D eigenvalue weighted by atomic mass is 10.0. The summed E-state index contributed by atoms with van der Waals surface area (Å²) in [5, 5.41) is 8.02. The maximum atomic E-state index is 11.6. The largest absolute Gasteiger partial charge is 0.352 e. The van der Waals surface area contributed by atoms with Crippen molar-refractivity contribution in [1.29, 1.82) is 0 Å². The van der Waals surface area contributed by atoms with Crippen LogP contribution in [0.5, 0.6) is 0 Å². The summed E-state index contributed by atoms with van der Waals surface area (Å²) in [7, 11) is 0. The summed E-state index contributed by atoms with van der Waals surface area (Å²) < 4.78 is 1.15. The van der Waals surface area contributed by atoms with E-state index in [4.69, 9.17) is 0 Å². The number of rotatable bonds is 3. The number of thiophene rings is 1. The summed E-state index contributed by atoms with van der Waals surface area (Å²) in [6, 6.07) is 1.92. The van der Waals surface area contributed by atoms with Crippen LogP contribution in [0.15, 0.2) is 11.4 Å². The van der Waals surface area contributed by atoms with Crippen LogP contribution in [0.2, 0.25) is 0 Å². The minimum absolute atomic E-state index is 0. The van der Waals surface area contributed by atoms with Crippen LogP contribution in [0.25, 0.3) is 0 Å². The minimum atomic E-state index is 0. The van der Waals surface area contributed by atoms with Gasteiger partial charge < -0.3 is 10.6 Å². The van der Waals surface area contributed by atoms with E-state index in [2.05, 4.69) is 33.2 Å². The highest BCUT2D eigenvalue weighted by atomic mass is 127. The van der Waals surface area contributed by atoms with Gasteiger partial charge in [-0.2, -0.15) is 0 Å².